The van der Waals surface area contributed by atoms with E-state index in [0.29, 0.717) is 6.42 Å². The molecule has 0 bridgehead atoms. The zero-order chi connectivity index (χ0) is 18.3. The smallest absolute Gasteiger partial charge is 0.306 e. The maximum atomic E-state index is 12.0. The van der Waals surface area contributed by atoms with E-state index in [0.717, 1.165) is 0 Å². The van der Waals surface area contributed by atoms with Gasteiger partial charge in [0.25, 0.3) is 0 Å². The molecule has 9 heteroatoms. The molecule has 0 aromatic heterocycles. The molecule has 2 amide bonds. The summed E-state index contributed by atoms with van der Waals surface area (Å²) in [7, 11) is 4.86. The Morgan fingerprint density at radius 1 is 1.17 bits per heavy atom. The minimum absolute atomic E-state index is 0.0152. The molecule has 1 saturated heterocycles. The van der Waals surface area contributed by atoms with E-state index in [2.05, 4.69) is 10.6 Å². The first-order valence-corrected chi connectivity index (χ1v) is 8.26. The molecule has 1 fully saturated rings. The fourth-order valence-corrected chi connectivity index (χ4v) is 2.62. The molecule has 5 atom stereocenters. The van der Waals surface area contributed by atoms with Gasteiger partial charge in [0.05, 0.1) is 18.5 Å². The van der Waals surface area contributed by atoms with Crippen LogP contribution in [-0.2, 0) is 28.6 Å². The molecular weight excluding hydrogens is 315 g/mol. The highest BCUT2D eigenvalue weighted by Gasteiger charge is 2.45. The third-order valence-corrected chi connectivity index (χ3v) is 4.02. The predicted molar refractivity (Wildman–Crippen MR) is 89.1 cm³/mol. The molecule has 0 aromatic rings. The average Bonchev–Trinajstić information content (AvgIpc) is 2.87. The van der Waals surface area contributed by atoms with Crippen LogP contribution in [0.1, 0.15) is 33.1 Å². The normalized spacial score (nSPS) is 27.3. The largest absolute Gasteiger partial charge is 0.457 e. The highest BCUT2D eigenvalue weighted by Crippen LogP contribution is 2.28. The quantitative estimate of drug-likeness (QED) is 0.420. The Hall–Kier alpha value is -1.61. The lowest BCUT2D eigenvalue weighted by atomic mass is 9.92. The molecule has 2 unspecified atom stereocenters. The van der Waals surface area contributed by atoms with Crippen molar-refractivity contribution < 1.29 is 28.6 Å². The Morgan fingerprint density at radius 2 is 1.83 bits per heavy atom. The van der Waals surface area contributed by atoms with Crippen molar-refractivity contribution in [2.75, 3.05) is 14.1 Å². The van der Waals surface area contributed by atoms with Crippen LogP contribution < -0.4 is 10.6 Å². The summed E-state index contributed by atoms with van der Waals surface area (Å²) in [4.78, 5) is 34.9. The van der Waals surface area contributed by atoms with Crippen molar-refractivity contribution in [3.63, 3.8) is 0 Å². The lowest BCUT2D eigenvalue weighted by Crippen LogP contribution is -2.44. The van der Waals surface area contributed by atoms with E-state index in [1.54, 1.807) is 6.92 Å². The number of likely N-dealkylation sites (N-methyl/N-ethyl adjacent to an activating group) is 1. The molecule has 2 N–H and O–H groups in total. The van der Waals surface area contributed by atoms with Gasteiger partial charge in [0.1, 0.15) is 20.1 Å². The second-order valence-corrected chi connectivity index (χ2v) is 5.77. The highest BCUT2D eigenvalue weighted by molar-refractivity contribution is 6.11. The summed E-state index contributed by atoms with van der Waals surface area (Å²) < 4.78 is 17.1. The van der Waals surface area contributed by atoms with Gasteiger partial charge in [-0.15, -0.1) is 0 Å². The number of ether oxygens (including phenoxy) is 3. The molecule has 1 heterocycles. The van der Waals surface area contributed by atoms with Crippen molar-refractivity contribution in [3.05, 3.63) is 0 Å². The average molecular weight is 342 g/mol. The van der Waals surface area contributed by atoms with Crippen molar-refractivity contribution in [1.82, 2.24) is 10.6 Å². The van der Waals surface area contributed by atoms with Gasteiger partial charge in [0.15, 0.2) is 6.10 Å². The Bertz CT molecular complexity index is 461. The van der Waals surface area contributed by atoms with Gasteiger partial charge in [0, 0.05) is 20.5 Å². The summed E-state index contributed by atoms with van der Waals surface area (Å²) in [6, 6.07) is -0.307. The first-order chi connectivity index (χ1) is 11.3. The summed E-state index contributed by atoms with van der Waals surface area (Å²) in [6.45, 7) is 3.56. The minimum Gasteiger partial charge on any atom is -0.457 e. The van der Waals surface area contributed by atoms with Crippen LogP contribution in [0.15, 0.2) is 0 Å². The molecule has 8 nitrogen and oxygen atoms in total. The number of esters is 1. The molecular formula is C15H27BN2O6. The van der Waals surface area contributed by atoms with Crippen molar-refractivity contribution in [2.45, 2.75) is 63.5 Å². The topological polar surface area (TPSA) is 103 Å². The van der Waals surface area contributed by atoms with Crippen molar-refractivity contribution >= 4 is 25.6 Å². The van der Waals surface area contributed by atoms with Crippen molar-refractivity contribution in [1.29, 1.82) is 0 Å². The van der Waals surface area contributed by atoms with E-state index in [1.165, 1.54) is 14.1 Å². The fraction of sp³-hybridized carbons (Fsp3) is 0.800. The molecule has 0 spiro atoms. The van der Waals surface area contributed by atoms with Crippen LogP contribution in [0, 0.1) is 0 Å². The lowest BCUT2D eigenvalue weighted by molar-refractivity contribution is -0.161. The van der Waals surface area contributed by atoms with E-state index in [1.807, 2.05) is 14.8 Å². The number of amides is 2. The molecule has 0 aliphatic carbocycles. The second kappa shape index (κ2) is 9.63. The monoisotopic (exact) mass is 342 g/mol. The zero-order valence-electron chi connectivity index (χ0n) is 15.0. The molecule has 24 heavy (non-hydrogen) atoms. The summed E-state index contributed by atoms with van der Waals surface area (Å²) >= 11 is 0. The SMILES string of the molecule is B[C@@H]1O[C@H](CC)[C@H](OC(=O)CCC(=O)NC)C1OC(C)C(=O)NC. The predicted octanol–water partition coefficient (Wildman–Crippen LogP) is -1.29. The van der Waals surface area contributed by atoms with Gasteiger partial charge in [0.2, 0.25) is 11.8 Å². The highest BCUT2D eigenvalue weighted by atomic mass is 16.6. The molecule has 1 rings (SSSR count). The number of rotatable bonds is 8. The summed E-state index contributed by atoms with van der Waals surface area (Å²) in [5, 5.41) is 4.97. The van der Waals surface area contributed by atoms with Crippen molar-refractivity contribution in [3.8, 4) is 0 Å². The van der Waals surface area contributed by atoms with E-state index in [4.69, 9.17) is 14.2 Å². The number of nitrogens with one attached hydrogen (secondary N) is 2. The van der Waals surface area contributed by atoms with Crippen LogP contribution in [-0.4, -0.2) is 70.1 Å². The number of hydrogen-bond acceptors (Lipinski definition) is 6. The first kappa shape index (κ1) is 20.4. The summed E-state index contributed by atoms with van der Waals surface area (Å²) in [5.41, 5.74) is 0. The Labute approximate surface area is 143 Å². The zero-order valence-corrected chi connectivity index (χ0v) is 15.0. The maximum absolute atomic E-state index is 12.0. The Morgan fingerprint density at radius 3 is 2.38 bits per heavy atom. The van der Waals surface area contributed by atoms with Crippen LogP contribution >= 0.6 is 0 Å². The number of hydrogen-bond donors (Lipinski definition) is 2. The van der Waals surface area contributed by atoms with Crippen LogP contribution in [0.4, 0.5) is 0 Å². The minimum atomic E-state index is -0.686. The second-order valence-electron chi connectivity index (χ2n) is 5.77. The molecule has 0 saturated carbocycles. The van der Waals surface area contributed by atoms with Gasteiger partial charge in [-0.3, -0.25) is 14.4 Å². The van der Waals surface area contributed by atoms with E-state index in [-0.39, 0.29) is 36.8 Å². The van der Waals surface area contributed by atoms with Crippen LogP contribution in [0.5, 0.6) is 0 Å². The van der Waals surface area contributed by atoms with Gasteiger partial charge in [-0.2, -0.15) is 0 Å². The third kappa shape index (κ3) is 5.49. The van der Waals surface area contributed by atoms with E-state index < -0.39 is 24.3 Å². The fourth-order valence-electron chi connectivity index (χ4n) is 2.62. The lowest BCUT2D eigenvalue weighted by Gasteiger charge is -2.26. The van der Waals surface area contributed by atoms with E-state index >= 15 is 0 Å². The van der Waals surface area contributed by atoms with E-state index in [9.17, 15) is 14.4 Å². The summed E-state index contributed by atoms with van der Waals surface area (Å²) in [6.07, 6.45) is -1.43. The van der Waals surface area contributed by atoms with Gasteiger partial charge in [-0.05, 0) is 13.3 Å². The summed E-state index contributed by atoms with van der Waals surface area (Å²) in [5.74, 6) is -0.969. The molecule has 0 aromatic carbocycles. The third-order valence-electron chi connectivity index (χ3n) is 4.02. The van der Waals surface area contributed by atoms with Gasteiger partial charge >= 0.3 is 5.97 Å². The van der Waals surface area contributed by atoms with Crippen LogP contribution in [0.3, 0.4) is 0 Å². The van der Waals surface area contributed by atoms with Gasteiger partial charge in [-0.25, -0.2) is 0 Å². The van der Waals surface area contributed by atoms with Gasteiger partial charge in [-0.1, -0.05) is 6.92 Å². The number of carbonyl (C=O) groups excluding carboxylic acids is 3. The molecule has 0 radical (unpaired) electrons. The molecule has 1 aliphatic heterocycles. The molecule has 1 aliphatic rings. The maximum Gasteiger partial charge on any atom is 0.306 e. The Kier molecular flexibility index (Phi) is 8.20. The van der Waals surface area contributed by atoms with Crippen LogP contribution in [0.25, 0.3) is 0 Å². The Balaban J connectivity index is 2.71. The van der Waals surface area contributed by atoms with Gasteiger partial charge < -0.3 is 24.8 Å². The number of carbonyl (C=O) groups is 3. The first-order valence-electron chi connectivity index (χ1n) is 8.26. The molecule has 136 valence electrons. The standard InChI is InChI=1S/C15H27BN2O6/c1-5-9-12(24-11(20)7-6-10(19)17-3)13(14(16)23-9)22-8(2)15(21)18-4/h8-9,12-14H,5-7,16H2,1-4H3,(H,17,19)(H,18,21)/t8?,9-,12+,13?,14-/m1/s1. The van der Waals surface area contributed by atoms with Crippen molar-refractivity contribution in [2.24, 2.45) is 0 Å². The van der Waals surface area contributed by atoms with Crippen LogP contribution in [0.2, 0.25) is 0 Å².